The number of nitrogens with zero attached hydrogens (tertiary/aromatic N) is 2. The van der Waals surface area contributed by atoms with Gasteiger partial charge in [0.1, 0.15) is 0 Å². The van der Waals surface area contributed by atoms with Gasteiger partial charge in [0.05, 0.1) is 16.8 Å². The van der Waals surface area contributed by atoms with Gasteiger partial charge in [-0.25, -0.2) is 4.79 Å². The number of esters is 1. The molecule has 0 radical (unpaired) electrons. The van der Waals surface area contributed by atoms with Gasteiger partial charge >= 0.3 is 5.97 Å². The summed E-state index contributed by atoms with van der Waals surface area (Å²) in [5.41, 5.74) is 6.49. The molecule has 0 saturated heterocycles. The lowest BCUT2D eigenvalue weighted by Crippen LogP contribution is -2.10. The molecule has 0 amide bonds. The summed E-state index contributed by atoms with van der Waals surface area (Å²) in [6.07, 6.45) is 0. The predicted octanol–water partition coefficient (Wildman–Crippen LogP) is 0.818. The van der Waals surface area contributed by atoms with Crippen LogP contribution in [0.1, 0.15) is 23.1 Å². The molecule has 0 aliphatic carbocycles. The lowest BCUT2D eigenvalue weighted by Gasteiger charge is -2.01. The van der Waals surface area contributed by atoms with E-state index in [1.807, 2.05) is 0 Å². The van der Waals surface area contributed by atoms with Crippen molar-refractivity contribution in [3.05, 3.63) is 15.9 Å². The summed E-state index contributed by atoms with van der Waals surface area (Å²) in [6.45, 7) is 2.38. The normalized spacial score (nSPS) is 10.3. The van der Waals surface area contributed by atoms with Gasteiger partial charge in [-0.05, 0) is 22.9 Å². The molecule has 0 unspecified atom stereocenters. The summed E-state index contributed by atoms with van der Waals surface area (Å²) >= 11 is 3.27. The van der Waals surface area contributed by atoms with Crippen LogP contribution in [0.25, 0.3) is 0 Å². The summed E-state index contributed by atoms with van der Waals surface area (Å²) in [5, 5.41) is 4.08. The highest BCUT2D eigenvalue weighted by Gasteiger charge is 2.20. The zero-order chi connectivity index (χ0) is 10.7. The molecule has 1 rings (SSSR count). The van der Waals surface area contributed by atoms with Gasteiger partial charge in [-0.1, -0.05) is 0 Å². The Kier molecular flexibility index (Phi) is 3.65. The Morgan fingerprint density at radius 2 is 2.36 bits per heavy atom. The van der Waals surface area contributed by atoms with E-state index in [4.69, 9.17) is 10.5 Å². The second-order valence-electron chi connectivity index (χ2n) is 2.66. The number of hydrogen-bond donors (Lipinski definition) is 1. The molecule has 0 aliphatic rings. The highest BCUT2D eigenvalue weighted by Crippen LogP contribution is 2.21. The van der Waals surface area contributed by atoms with Crippen molar-refractivity contribution < 1.29 is 9.53 Å². The first kappa shape index (κ1) is 11.2. The topological polar surface area (TPSA) is 70.1 Å². The van der Waals surface area contributed by atoms with Crippen LogP contribution in [0.4, 0.5) is 0 Å². The number of ether oxygens (including phenoxy) is 1. The van der Waals surface area contributed by atoms with Gasteiger partial charge in [-0.15, -0.1) is 0 Å². The van der Waals surface area contributed by atoms with Crippen molar-refractivity contribution in [1.29, 1.82) is 0 Å². The molecule has 0 atom stereocenters. The van der Waals surface area contributed by atoms with Crippen LogP contribution in [0, 0.1) is 0 Å². The van der Waals surface area contributed by atoms with Crippen LogP contribution in [0.2, 0.25) is 0 Å². The van der Waals surface area contributed by atoms with Crippen LogP contribution < -0.4 is 5.73 Å². The Balaban J connectivity index is 3.07. The standard InChI is InChI=1S/C8H12BrN3O2/c1-3-14-8(13)7-6(9)5(4-10)11-12(7)2/h3-4,10H2,1-2H3. The molecular formula is C8H12BrN3O2. The van der Waals surface area contributed by atoms with Gasteiger partial charge in [-0.3, -0.25) is 4.68 Å². The van der Waals surface area contributed by atoms with Crippen molar-refractivity contribution in [2.24, 2.45) is 12.8 Å². The van der Waals surface area contributed by atoms with Crippen LogP contribution in [-0.4, -0.2) is 22.4 Å². The summed E-state index contributed by atoms with van der Waals surface area (Å²) in [7, 11) is 1.68. The molecular weight excluding hydrogens is 250 g/mol. The maximum absolute atomic E-state index is 11.5. The summed E-state index contributed by atoms with van der Waals surface area (Å²) in [4.78, 5) is 11.5. The molecule has 0 fully saturated rings. The minimum atomic E-state index is -0.394. The molecule has 1 heterocycles. The van der Waals surface area contributed by atoms with Gasteiger partial charge in [0.15, 0.2) is 5.69 Å². The van der Waals surface area contributed by atoms with E-state index in [9.17, 15) is 4.79 Å². The molecule has 6 heteroatoms. The third kappa shape index (κ3) is 1.96. The molecule has 78 valence electrons. The zero-order valence-corrected chi connectivity index (χ0v) is 9.67. The van der Waals surface area contributed by atoms with E-state index in [1.54, 1.807) is 14.0 Å². The first-order valence-corrected chi connectivity index (χ1v) is 4.99. The first-order valence-electron chi connectivity index (χ1n) is 4.20. The number of carbonyl (C=O) groups is 1. The molecule has 0 bridgehead atoms. The van der Waals surface area contributed by atoms with Crippen molar-refractivity contribution >= 4 is 21.9 Å². The van der Waals surface area contributed by atoms with Gasteiger partial charge in [0.2, 0.25) is 0 Å². The smallest absolute Gasteiger partial charge is 0.357 e. The SMILES string of the molecule is CCOC(=O)c1c(Br)c(CN)nn1C. The number of hydrogen-bond acceptors (Lipinski definition) is 4. The van der Waals surface area contributed by atoms with Gasteiger partial charge in [0, 0.05) is 13.6 Å². The summed E-state index contributed by atoms with van der Waals surface area (Å²) < 4.78 is 6.95. The molecule has 0 saturated carbocycles. The van der Waals surface area contributed by atoms with Crippen LogP contribution >= 0.6 is 15.9 Å². The predicted molar refractivity (Wildman–Crippen MR) is 54.8 cm³/mol. The van der Waals surface area contributed by atoms with Crippen LogP contribution in [0.15, 0.2) is 4.47 Å². The second kappa shape index (κ2) is 4.56. The number of aromatic nitrogens is 2. The van der Waals surface area contributed by atoms with Crippen LogP contribution in [0.3, 0.4) is 0 Å². The Bertz CT molecular complexity index is 349. The summed E-state index contributed by atoms with van der Waals surface area (Å²) in [6, 6.07) is 0. The maximum Gasteiger partial charge on any atom is 0.357 e. The molecule has 14 heavy (non-hydrogen) atoms. The average Bonchev–Trinajstić information content (AvgIpc) is 2.41. The van der Waals surface area contributed by atoms with Crippen molar-refractivity contribution in [1.82, 2.24) is 9.78 Å². The number of nitrogens with two attached hydrogens (primary N) is 1. The molecule has 0 aliphatic heterocycles. The lowest BCUT2D eigenvalue weighted by molar-refractivity contribution is 0.0512. The Morgan fingerprint density at radius 3 is 2.79 bits per heavy atom. The molecule has 0 aromatic carbocycles. The molecule has 5 nitrogen and oxygen atoms in total. The highest BCUT2D eigenvalue weighted by molar-refractivity contribution is 9.10. The molecule has 1 aromatic heterocycles. The number of halogens is 1. The monoisotopic (exact) mass is 261 g/mol. The van der Waals surface area contributed by atoms with Gasteiger partial charge in [-0.2, -0.15) is 5.10 Å². The van der Waals surface area contributed by atoms with E-state index in [1.165, 1.54) is 4.68 Å². The molecule has 1 aromatic rings. The maximum atomic E-state index is 11.5. The number of carbonyl (C=O) groups excluding carboxylic acids is 1. The molecule has 0 spiro atoms. The van der Waals surface area contributed by atoms with Crippen LogP contribution in [0.5, 0.6) is 0 Å². The van der Waals surface area contributed by atoms with E-state index in [0.29, 0.717) is 22.5 Å². The lowest BCUT2D eigenvalue weighted by atomic mass is 10.3. The number of aryl methyl sites for hydroxylation is 1. The van der Waals surface area contributed by atoms with E-state index in [0.717, 1.165) is 0 Å². The fourth-order valence-electron chi connectivity index (χ4n) is 1.11. The van der Waals surface area contributed by atoms with Crippen LogP contribution in [-0.2, 0) is 18.3 Å². The van der Waals surface area contributed by atoms with E-state index in [-0.39, 0.29) is 6.54 Å². The molecule has 2 N–H and O–H groups in total. The van der Waals surface area contributed by atoms with Gasteiger partial charge in [0.25, 0.3) is 0 Å². The second-order valence-corrected chi connectivity index (χ2v) is 3.45. The van der Waals surface area contributed by atoms with Gasteiger partial charge < -0.3 is 10.5 Å². The Morgan fingerprint density at radius 1 is 1.71 bits per heavy atom. The van der Waals surface area contributed by atoms with E-state index in [2.05, 4.69) is 21.0 Å². The van der Waals surface area contributed by atoms with Crippen molar-refractivity contribution in [3.63, 3.8) is 0 Å². The fraction of sp³-hybridized carbons (Fsp3) is 0.500. The largest absolute Gasteiger partial charge is 0.461 e. The Labute approximate surface area is 90.3 Å². The number of rotatable bonds is 3. The summed E-state index contributed by atoms with van der Waals surface area (Å²) in [5.74, 6) is -0.394. The average molecular weight is 262 g/mol. The third-order valence-electron chi connectivity index (χ3n) is 1.72. The van der Waals surface area contributed by atoms with E-state index < -0.39 is 5.97 Å². The highest BCUT2D eigenvalue weighted by atomic mass is 79.9. The van der Waals surface area contributed by atoms with Crippen molar-refractivity contribution in [3.8, 4) is 0 Å². The fourth-order valence-corrected chi connectivity index (χ4v) is 1.76. The van der Waals surface area contributed by atoms with Crippen molar-refractivity contribution in [2.45, 2.75) is 13.5 Å². The quantitative estimate of drug-likeness (QED) is 0.818. The first-order chi connectivity index (χ1) is 6.61. The third-order valence-corrected chi connectivity index (χ3v) is 2.55. The van der Waals surface area contributed by atoms with E-state index >= 15 is 0 Å². The minimum Gasteiger partial charge on any atom is -0.461 e. The Hall–Kier alpha value is -0.880. The van der Waals surface area contributed by atoms with Crippen molar-refractivity contribution in [2.75, 3.05) is 6.61 Å². The zero-order valence-electron chi connectivity index (χ0n) is 8.08. The minimum absolute atomic E-state index is 0.286.